The van der Waals surface area contributed by atoms with Gasteiger partial charge in [-0.05, 0) is 53.8 Å². The molecule has 0 radical (unpaired) electrons. The first-order valence-electron chi connectivity index (χ1n) is 9.31. The molecule has 0 spiro atoms. The molecule has 0 aliphatic heterocycles. The van der Waals surface area contributed by atoms with E-state index in [9.17, 15) is 14.3 Å². The van der Waals surface area contributed by atoms with Gasteiger partial charge >= 0.3 is 5.97 Å². The first-order valence-corrected chi connectivity index (χ1v) is 9.31. The Hall–Kier alpha value is -3.66. The fourth-order valence-corrected chi connectivity index (χ4v) is 3.29. The average molecular weight is 386 g/mol. The van der Waals surface area contributed by atoms with Crippen LogP contribution in [0.15, 0.2) is 84.9 Å². The van der Waals surface area contributed by atoms with E-state index in [1.165, 1.54) is 12.1 Å². The Balaban J connectivity index is 1.78. The van der Waals surface area contributed by atoms with E-state index in [-0.39, 0.29) is 5.82 Å². The standard InChI is InChI=1S/C25H19FO3/c1-16(25(27)28)17-8-13-21(14-9-17)29-24-22-5-3-2-4-18(22)10-15-23(24)19-6-11-20(26)12-7-19/h2-16H,1H3,(H,27,28). The highest BCUT2D eigenvalue weighted by Gasteiger charge is 2.15. The normalized spacial score (nSPS) is 11.9. The number of carbonyl (C=O) groups is 1. The molecule has 4 heteroatoms. The smallest absolute Gasteiger partial charge is 0.310 e. The minimum absolute atomic E-state index is 0.292. The van der Waals surface area contributed by atoms with Crippen molar-refractivity contribution >= 4 is 16.7 Å². The van der Waals surface area contributed by atoms with E-state index < -0.39 is 11.9 Å². The molecule has 0 aromatic heterocycles. The van der Waals surface area contributed by atoms with Crippen molar-refractivity contribution in [3.8, 4) is 22.6 Å². The number of rotatable bonds is 5. The Morgan fingerprint density at radius 2 is 1.59 bits per heavy atom. The van der Waals surface area contributed by atoms with Crippen molar-refractivity contribution in [2.45, 2.75) is 12.8 Å². The summed E-state index contributed by atoms with van der Waals surface area (Å²) in [5.74, 6) is -0.470. The predicted molar refractivity (Wildman–Crippen MR) is 112 cm³/mol. The third kappa shape index (κ3) is 3.83. The van der Waals surface area contributed by atoms with Crippen molar-refractivity contribution in [1.82, 2.24) is 0 Å². The highest BCUT2D eigenvalue weighted by atomic mass is 19.1. The Morgan fingerprint density at radius 1 is 0.897 bits per heavy atom. The quantitative estimate of drug-likeness (QED) is 0.419. The van der Waals surface area contributed by atoms with Crippen LogP contribution in [0.25, 0.3) is 21.9 Å². The van der Waals surface area contributed by atoms with Crippen LogP contribution in [0, 0.1) is 5.82 Å². The van der Waals surface area contributed by atoms with Crippen LogP contribution in [0.1, 0.15) is 18.4 Å². The van der Waals surface area contributed by atoms with Gasteiger partial charge in [-0.1, -0.05) is 54.6 Å². The van der Waals surface area contributed by atoms with E-state index in [0.29, 0.717) is 17.1 Å². The minimum atomic E-state index is -0.869. The number of hydrogen-bond acceptors (Lipinski definition) is 2. The van der Waals surface area contributed by atoms with E-state index >= 15 is 0 Å². The van der Waals surface area contributed by atoms with Crippen molar-refractivity contribution in [3.05, 3.63) is 96.3 Å². The van der Waals surface area contributed by atoms with Crippen molar-refractivity contribution in [2.75, 3.05) is 0 Å². The van der Waals surface area contributed by atoms with Crippen LogP contribution in [-0.4, -0.2) is 11.1 Å². The summed E-state index contributed by atoms with van der Waals surface area (Å²) in [6.07, 6.45) is 0. The minimum Gasteiger partial charge on any atom is -0.481 e. The Morgan fingerprint density at radius 3 is 2.28 bits per heavy atom. The summed E-state index contributed by atoms with van der Waals surface area (Å²) in [5, 5.41) is 11.2. The number of carboxylic acids is 1. The van der Waals surface area contributed by atoms with Gasteiger partial charge in [0.2, 0.25) is 0 Å². The zero-order valence-electron chi connectivity index (χ0n) is 15.8. The third-order valence-electron chi connectivity index (χ3n) is 5.01. The van der Waals surface area contributed by atoms with Crippen LogP contribution < -0.4 is 4.74 Å². The molecule has 0 amide bonds. The second kappa shape index (κ2) is 7.76. The van der Waals surface area contributed by atoms with Gasteiger partial charge in [0.15, 0.2) is 0 Å². The summed E-state index contributed by atoms with van der Waals surface area (Å²) in [6.45, 7) is 1.65. The summed E-state index contributed by atoms with van der Waals surface area (Å²) < 4.78 is 19.7. The molecule has 0 fully saturated rings. The maximum Gasteiger partial charge on any atom is 0.310 e. The van der Waals surface area contributed by atoms with Gasteiger partial charge in [-0.2, -0.15) is 0 Å². The van der Waals surface area contributed by atoms with Crippen molar-refractivity contribution in [2.24, 2.45) is 0 Å². The average Bonchev–Trinajstić information content (AvgIpc) is 2.74. The van der Waals surface area contributed by atoms with E-state index in [1.807, 2.05) is 36.4 Å². The molecule has 0 heterocycles. The lowest BCUT2D eigenvalue weighted by atomic mass is 9.99. The molecule has 0 aliphatic carbocycles. The predicted octanol–water partition coefficient (Wildman–Crippen LogP) is 6.63. The van der Waals surface area contributed by atoms with E-state index in [2.05, 4.69) is 0 Å². The number of halogens is 1. The lowest BCUT2D eigenvalue weighted by Crippen LogP contribution is -2.06. The fraction of sp³-hybridized carbons (Fsp3) is 0.0800. The lowest BCUT2D eigenvalue weighted by molar-refractivity contribution is -0.138. The number of carboxylic acid groups (broad SMARTS) is 1. The molecule has 0 bridgehead atoms. The van der Waals surface area contributed by atoms with Gasteiger partial charge in [-0.3, -0.25) is 4.79 Å². The molecule has 1 atom stereocenters. The zero-order valence-corrected chi connectivity index (χ0v) is 15.8. The molecule has 1 N–H and O–H groups in total. The second-order valence-electron chi connectivity index (χ2n) is 6.90. The summed E-state index contributed by atoms with van der Waals surface area (Å²) >= 11 is 0. The van der Waals surface area contributed by atoms with Crippen LogP contribution in [0.3, 0.4) is 0 Å². The monoisotopic (exact) mass is 386 g/mol. The second-order valence-corrected chi connectivity index (χ2v) is 6.90. The number of fused-ring (bicyclic) bond motifs is 1. The molecular formula is C25H19FO3. The first-order chi connectivity index (χ1) is 14.0. The van der Waals surface area contributed by atoms with Gasteiger partial charge in [0.25, 0.3) is 0 Å². The Labute approximate surface area is 168 Å². The van der Waals surface area contributed by atoms with Crippen molar-refractivity contribution in [1.29, 1.82) is 0 Å². The van der Waals surface area contributed by atoms with Crippen LogP contribution in [0.4, 0.5) is 4.39 Å². The molecule has 144 valence electrons. The summed E-state index contributed by atoms with van der Waals surface area (Å²) in [5.41, 5.74) is 2.41. The van der Waals surface area contributed by atoms with Crippen molar-refractivity contribution < 1.29 is 19.0 Å². The van der Waals surface area contributed by atoms with Crippen LogP contribution in [0.2, 0.25) is 0 Å². The molecule has 4 aromatic carbocycles. The molecule has 0 saturated carbocycles. The molecular weight excluding hydrogens is 367 g/mol. The summed E-state index contributed by atoms with van der Waals surface area (Å²) in [6, 6.07) is 25.2. The first kappa shape index (κ1) is 18.7. The van der Waals surface area contributed by atoms with Crippen LogP contribution in [-0.2, 0) is 4.79 Å². The topological polar surface area (TPSA) is 46.5 Å². The lowest BCUT2D eigenvalue weighted by Gasteiger charge is -2.15. The fourth-order valence-electron chi connectivity index (χ4n) is 3.29. The van der Waals surface area contributed by atoms with Gasteiger partial charge in [0.05, 0.1) is 5.92 Å². The van der Waals surface area contributed by atoms with Gasteiger partial charge in [-0.25, -0.2) is 4.39 Å². The highest BCUT2D eigenvalue weighted by Crippen LogP contribution is 2.39. The molecule has 3 nitrogen and oxygen atoms in total. The number of aliphatic carboxylic acids is 1. The van der Waals surface area contributed by atoms with Crippen LogP contribution in [0.5, 0.6) is 11.5 Å². The molecule has 1 unspecified atom stereocenters. The van der Waals surface area contributed by atoms with Gasteiger partial charge in [-0.15, -0.1) is 0 Å². The molecule has 0 aliphatic rings. The summed E-state index contributed by atoms with van der Waals surface area (Å²) in [7, 11) is 0. The zero-order chi connectivity index (χ0) is 20.4. The largest absolute Gasteiger partial charge is 0.481 e. The number of hydrogen-bond donors (Lipinski definition) is 1. The van der Waals surface area contributed by atoms with Gasteiger partial charge in [0, 0.05) is 10.9 Å². The Kier molecular flexibility index (Phi) is 5.00. The third-order valence-corrected chi connectivity index (χ3v) is 5.01. The highest BCUT2D eigenvalue weighted by molar-refractivity contribution is 5.95. The van der Waals surface area contributed by atoms with Crippen LogP contribution >= 0.6 is 0 Å². The maximum atomic E-state index is 13.4. The Bertz CT molecular complexity index is 1170. The molecule has 4 rings (SSSR count). The van der Waals surface area contributed by atoms with E-state index in [0.717, 1.165) is 21.9 Å². The van der Waals surface area contributed by atoms with Gasteiger partial charge in [0.1, 0.15) is 17.3 Å². The molecule has 0 saturated heterocycles. The van der Waals surface area contributed by atoms with Gasteiger partial charge < -0.3 is 9.84 Å². The SMILES string of the molecule is CC(C(=O)O)c1ccc(Oc2c(-c3ccc(F)cc3)ccc3ccccc23)cc1. The molecule has 29 heavy (non-hydrogen) atoms. The molecule has 4 aromatic rings. The van der Waals surface area contributed by atoms with Crippen molar-refractivity contribution in [3.63, 3.8) is 0 Å². The van der Waals surface area contributed by atoms with E-state index in [1.54, 1.807) is 43.3 Å². The van der Waals surface area contributed by atoms with E-state index in [4.69, 9.17) is 4.74 Å². The number of ether oxygens (including phenoxy) is 1. The summed E-state index contributed by atoms with van der Waals surface area (Å²) in [4.78, 5) is 11.2. The number of benzene rings is 4. The maximum absolute atomic E-state index is 13.4.